The summed E-state index contributed by atoms with van der Waals surface area (Å²) in [5, 5.41) is 13.4. The van der Waals surface area contributed by atoms with E-state index in [-0.39, 0.29) is 5.41 Å². The summed E-state index contributed by atoms with van der Waals surface area (Å²) in [4.78, 5) is 2.24. The van der Waals surface area contributed by atoms with E-state index in [2.05, 4.69) is 112 Å². The van der Waals surface area contributed by atoms with Gasteiger partial charge in [0.1, 0.15) is 12.8 Å². The topological polar surface area (TPSA) is 26.5 Å². The van der Waals surface area contributed by atoms with E-state index in [0.29, 0.717) is 5.75 Å². The molecular weight excluding hydrogens is 416 g/mol. The van der Waals surface area contributed by atoms with E-state index >= 15 is 0 Å². The van der Waals surface area contributed by atoms with Gasteiger partial charge in [0.15, 0.2) is 5.71 Å². The van der Waals surface area contributed by atoms with Gasteiger partial charge in [-0.05, 0) is 76.1 Å². The Morgan fingerprint density at radius 2 is 1.74 bits per heavy atom. The lowest BCUT2D eigenvalue weighted by Crippen LogP contribution is -2.30. The number of aromatic hydroxyl groups is 1. The fraction of sp³-hybridized carbons (Fsp3) is 0.323. The minimum absolute atomic E-state index is 0.171. The van der Waals surface area contributed by atoms with Crippen molar-refractivity contribution in [1.82, 2.24) is 0 Å². The summed E-state index contributed by atoms with van der Waals surface area (Å²) >= 11 is 0. The molecule has 1 unspecified atom stereocenters. The van der Waals surface area contributed by atoms with Gasteiger partial charge >= 0.3 is 0 Å². The first-order chi connectivity index (χ1) is 16.3. The monoisotopic (exact) mass is 453 g/mol. The number of rotatable bonds is 7. The molecule has 3 aromatic rings. The Hall–Kier alpha value is -3.33. The second-order valence-corrected chi connectivity index (χ2v) is 9.69. The van der Waals surface area contributed by atoms with Crippen molar-refractivity contribution < 1.29 is 9.68 Å². The van der Waals surface area contributed by atoms with Crippen LogP contribution in [0.5, 0.6) is 5.75 Å². The molecule has 0 bridgehead atoms. The van der Waals surface area contributed by atoms with Crippen LogP contribution in [0, 0.1) is 0 Å². The summed E-state index contributed by atoms with van der Waals surface area (Å²) in [7, 11) is 2.16. The third-order valence-electron chi connectivity index (χ3n) is 7.23. The predicted molar refractivity (Wildman–Crippen MR) is 147 cm³/mol. The van der Waals surface area contributed by atoms with E-state index in [4.69, 9.17) is 0 Å². The van der Waals surface area contributed by atoms with Crippen LogP contribution in [0.15, 0.2) is 72.3 Å². The van der Waals surface area contributed by atoms with Crippen LogP contribution >= 0.6 is 0 Å². The fourth-order valence-corrected chi connectivity index (χ4v) is 5.29. The molecule has 1 aliphatic heterocycles. The molecule has 0 aromatic heterocycles. The molecule has 0 amide bonds. The van der Waals surface area contributed by atoms with Crippen LogP contribution < -0.4 is 4.90 Å². The first-order valence-electron chi connectivity index (χ1n) is 12.3. The Morgan fingerprint density at radius 1 is 1.00 bits per heavy atom. The number of hydrogen-bond donors (Lipinski definition) is 1. The zero-order valence-corrected chi connectivity index (χ0v) is 21.4. The van der Waals surface area contributed by atoms with Crippen molar-refractivity contribution in [2.24, 2.45) is 0 Å². The first kappa shape index (κ1) is 23.8. The van der Waals surface area contributed by atoms with Crippen LogP contribution in [0.25, 0.3) is 16.8 Å². The van der Waals surface area contributed by atoms with Gasteiger partial charge in [-0.15, -0.1) is 0 Å². The van der Waals surface area contributed by atoms with Crippen molar-refractivity contribution in [2.75, 3.05) is 25.0 Å². The molecule has 3 aromatic carbocycles. The molecule has 3 heteroatoms. The lowest BCUT2D eigenvalue weighted by molar-refractivity contribution is -0.401. The third kappa shape index (κ3) is 4.16. The molecule has 0 radical (unpaired) electrons. The molecule has 4 rings (SSSR count). The number of benzene rings is 3. The molecule has 3 nitrogen and oxygen atoms in total. The second-order valence-electron chi connectivity index (χ2n) is 9.69. The van der Waals surface area contributed by atoms with Gasteiger partial charge in [-0.3, -0.25) is 0 Å². The molecule has 1 aliphatic rings. The van der Waals surface area contributed by atoms with Crippen molar-refractivity contribution in [3.63, 3.8) is 0 Å². The van der Waals surface area contributed by atoms with Crippen LogP contribution in [-0.2, 0) is 5.41 Å². The van der Waals surface area contributed by atoms with E-state index in [0.717, 1.165) is 30.8 Å². The zero-order valence-electron chi connectivity index (χ0n) is 21.4. The standard InChI is InChI=1S/C31H36N2O/c1-7-33(8-2)25-16-13-24(28(34)21-25)15-18-29-31(5,20-19-22(3)4)30-26-12-10-9-11-23(26)14-17-27(30)32(29)6/h9-19,21H,7-8,20H2,1-6H3/p+1. The van der Waals surface area contributed by atoms with Gasteiger partial charge in [-0.25, -0.2) is 0 Å². The average Bonchev–Trinajstić information content (AvgIpc) is 3.05. The largest absolute Gasteiger partial charge is 0.507 e. The summed E-state index contributed by atoms with van der Waals surface area (Å²) in [6.07, 6.45) is 7.52. The minimum atomic E-state index is -0.171. The van der Waals surface area contributed by atoms with E-state index in [1.165, 1.54) is 33.3 Å². The van der Waals surface area contributed by atoms with Gasteiger partial charge in [0.2, 0.25) is 5.69 Å². The summed E-state index contributed by atoms with van der Waals surface area (Å²) in [6, 6.07) is 19.1. The van der Waals surface area contributed by atoms with Gasteiger partial charge in [0, 0.05) is 48.1 Å². The average molecular weight is 454 g/mol. The third-order valence-corrected chi connectivity index (χ3v) is 7.23. The normalized spacial score (nSPS) is 17.5. The van der Waals surface area contributed by atoms with Crippen molar-refractivity contribution >= 4 is 33.9 Å². The molecule has 0 saturated heterocycles. The predicted octanol–water partition coefficient (Wildman–Crippen LogP) is 7.45. The zero-order chi connectivity index (χ0) is 24.5. The van der Waals surface area contributed by atoms with Crippen molar-refractivity contribution in [2.45, 2.75) is 46.5 Å². The molecule has 34 heavy (non-hydrogen) atoms. The number of anilines is 1. The Morgan fingerprint density at radius 3 is 2.41 bits per heavy atom. The Bertz CT molecular complexity index is 1310. The maximum absolute atomic E-state index is 10.8. The summed E-state index contributed by atoms with van der Waals surface area (Å²) < 4.78 is 2.32. The number of phenols is 1. The molecule has 1 N–H and O–H groups in total. The smallest absolute Gasteiger partial charge is 0.210 e. The number of phenolic OH excluding ortho intramolecular Hbond substituents is 1. The van der Waals surface area contributed by atoms with Gasteiger partial charge in [0.05, 0.1) is 5.41 Å². The van der Waals surface area contributed by atoms with E-state index in [1.54, 1.807) is 0 Å². The van der Waals surface area contributed by atoms with Gasteiger partial charge in [0.25, 0.3) is 0 Å². The highest BCUT2D eigenvalue weighted by molar-refractivity contribution is 6.09. The van der Waals surface area contributed by atoms with Crippen molar-refractivity contribution in [3.8, 4) is 5.75 Å². The van der Waals surface area contributed by atoms with Crippen LogP contribution in [0.3, 0.4) is 0 Å². The molecule has 176 valence electrons. The molecule has 0 spiro atoms. The highest BCUT2D eigenvalue weighted by Gasteiger charge is 2.47. The van der Waals surface area contributed by atoms with Crippen LogP contribution in [0.4, 0.5) is 11.4 Å². The number of nitrogens with zero attached hydrogens (tertiary/aromatic N) is 2. The molecule has 0 aliphatic carbocycles. The van der Waals surface area contributed by atoms with Gasteiger partial charge in [-0.1, -0.05) is 35.9 Å². The highest BCUT2D eigenvalue weighted by Crippen LogP contribution is 2.46. The molecular formula is C31H37N2O+. The number of hydrogen-bond acceptors (Lipinski definition) is 2. The fourth-order valence-electron chi connectivity index (χ4n) is 5.29. The van der Waals surface area contributed by atoms with Crippen LogP contribution in [-0.4, -0.2) is 35.5 Å². The maximum Gasteiger partial charge on any atom is 0.210 e. The Labute approximate surface area is 204 Å². The first-order valence-corrected chi connectivity index (χ1v) is 12.3. The van der Waals surface area contributed by atoms with E-state index in [9.17, 15) is 5.11 Å². The van der Waals surface area contributed by atoms with Crippen LogP contribution in [0.2, 0.25) is 0 Å². The summed E-state index contributed by atoms with van der Waals surface area (Å²) in [5.74, 6) is 0.316. The lowest BCUT2D eigenvalue weighted by Gasteiger charge is -2.23. The summed E-state index contributed by atoms with van der Waals surface area (Å²) in [5.41, 5.74) is 6.92. The SMILES string of the molecule is CCN(CC)c1ccc(/C=C/C2=[N+](C)c3ccc4ccccc4c3C2(C)CC=C(C)C)c(O)c1. The number of allylic oxidation sites excluding steroid dienone is 3. The van der Waals surface area contributed by atoms with Gasteiger partial charge in [-0.2, -0.15) is 4.58 Å². The lowest BCUT2D eigenvalue weighted by atomic mass is 9.74. The van der Waals surface area contributed by atoms with Crippen LogP contribution in [0.1, 0.15) is 52.2 Å². The molecule has 0 saturated carbocycles. The van der Waals surface area contributed by atoms with E-state index < -0.39 is 0 Å². The molecule has 1 heterocycles. The highest BCUT2D eigenvalue weighted by atomic mass is 16.3. The summed E-state index contributed by atoms with van der Waals surface area (Å²) in [6.45, 7) is 12.8. The second kappa shape index (κ2) is 9.50. The van der Waals surface area contributed by atoms with Crippen molar-refractivity contribution in [3.05, 3.63) is 83.4 Å². The quantitative estimate of drug-likeness (QED) is 0.297. The Balaban J connectivity index is 1.80. The van der Waals surface area contributed by atoms with E-state index in [1.807, 2.05) is 12.1 Å². The van der Waals surface area contributed by atoms with Gasteiger partial charge < -0.3 is 10.0 Å². The maximum atomic E-state index is 10.8. The molecule has 1 atom stereocenters. The Kier molecular flexibility index (Phi) is 6.65. The molecule has 0 fully saturated rings. The van der Waals surface area contributed by atoms with Crippen molar-refractivity contribution in [1.29, 1.82) is 0 Å². The number of fused-ring (bicyclic) bond motifs is 3. The minimum Gasteiger partial charge on any atom is -0.507 e.